The van der Waals surface area contributed by atoms with Crippen molar-refractivity contribution in [2.24, 2.45) is 0 Å². The molecular formula is C16H20ClFN2O2S. The van der Waals surface area contributed by atoms with Crippen molar-refractivity contribution in [2.45, 2.75) is 19.6 Å². The lowest BCUT2D eigenvalue weighted by molar-refractivity contribution is 0.0657. The van der Waals surface area contributed by atoms with E-state index in [9.17, 15) is 9.18 Å². The lowest BCUT2D eigenvalue weighted by atomic mass is 10.1. The Labute approximate surface area is 145 Å². The first-order valence-electron chi connectivity index (χ1n) is 7.34. The zero-order chi connectivity index (χ0) is 15.7. The monoisotopic (exact) mass is 358 g/mol. The van der Waals surface area contributed by atoms with Crippen molar-refractivity contribution >= 4 is 39.7 Å². The molecule has 1 atom stereocenters. The molecule has 0 radical (unpaired) electrons. The van der Waals surface area contributed by atoms with Gasteiger partial charge in [-0.2, -0.15) is 0 Å². The highest BCUT2D eigenvalue weighted by Crippen LogP contribution is 2.34. The molecule has 23 heavy (non-hydrogen) atoms. The van der Waals surface area contributed by atoms with E-state index in [1.54, 1.807) is 13.2 Å². The Morgan fingerprint density at radius 2 is 2.30 bits per heavy atom. The molecule has 1 aromatic heterocycles. The predicted octanol–water partition coefficient (Wildman–Crippen LogP) is 3.04. The molecule has 2 aromatic rings. The van der Waals surface area contributed by atoms with Crippen molar-refractivity contribution in [3.63, 3.8) is 0 Å². The number of rotatable bonds is 3. The Hall–Kier alpha value is -1.21. The maximum atomic E-state index is 14.2. The molecule has 7 heteroatoms. The van der Waals surface area contributed by atoms with E-state index >= 15 is 0 Å². The first kappa shape index (κ1) is 18.1. The van der Waals surface area contributed by atoms with Crippen LogP contribution in [0.25, 0.3) is 10.1 Å². The second-order valence-corrected chi connectivity index (χ2v) is 6.56. The number of thiophene rings is 1. The third kappa shape index (κ3) is 3.35. The van der Waals surface area contributed by atoms with Crippen LogP contribution >= 0.6 is 23.7 Å². The van der Waals surface area contributed by atoms with Crippen molar-refractivity contribution in [1.29, 1.82) is 0 Å². The Morgan fingerprint density at radius 3 is 3.00 bits per heavy atom. The topological polar surface area (TPSA) is 41.6 Å². The van der Waals surface area contributed by atoms with E-state index in [2.05, 4.69) is 5.32 Å². The number of methoxy groups -OCH3 is 1. The second-order valence-electron chi connectivity index (χ2n) is 5.51. The quantitative estimate of drug-likeness (QED) is 0.917. The molecule has 4 nitrogen and oxygen atoms in total. The first-order valence-corrected chi connectivity index (χ1v) is 8.15. The summed E-state index contributed by atoms with van der Waals surface area (Å²) in [7, 11) is 1.56. The van der Waals surface area contributed by atoms with Crippen LogP contribution in [0.2, 0.25) is 0 Å². The molecule has 0 unspecified atom stereocenters. The van der Waals surface area contributed by atoms with E-state index in [-0.39, 0.29) is 36.8 Å². The first-order chi connectivity index (χ1) is 10.6. The average molecular weight is 359 g/mol. The number of hydrogen-bond acceptors (Lipinski definition) is 4. The zero-order valence-electron chi connectivity index (χ0n) is 13.1. The number of hydrogen-bond donors (Lipinski definition) is 1. The van der Waals surface area contributed by atoms with Gasteiger partial charge in [0.2, 0.25) is 0 Å². The SMILES string of the molecule is COCc1c(C(=O)N2CCNC[C@H]2C)sc2cccc(F)c12.Cl. The van der Waals surface area contributed by atoms with Gasteiger partial charge in [-0.05, 0) is 19.1 Å². The molecule has 1 aromatic carbocycles. The summed E-state index contributed by atoms with van der Waals surface area (Å²) in [5.41, 5.74) is 0.663. The molecular weight excluding hydrogens is 339 g/mol. The minimum Gasteiger partial charge on any atom is -0.380 e. The number of halogens is 2. The van der Waals surface area contributed by atoms with Crippen molar-refractivity contribution in [3.8, 4) is 0 Å². The van der Waals surface area contributed by atoms with Crippen LogP contribution in [0.4, 0.5) is 4.39 Å². The second kappa shape index (κ2) is 7.57. The lowest BCUT2D eigenvalue weighted by Crippen LogP contribution is -2.52. The number of nitrogens with one attached hydrogen (secondary N) is 1. The smallest absolute Gasteiger partial charge is 0.264 e. The largest absolute Gasteiger partial charge is 0.380 e. The summed E-state index contributed by atoms with van der Waals surface area (Å²) >= 11 is 1.35. The van der Waals surface area contributed by atoms with Crippen LogP contribution in [0.3, 0.4) is 0 Å². The van der Waals surface area contributed by atoms with Gasteiger partial charge in [-0.3, -0.25) is 4.79 Å². The van der Waals surface area contributed by atoms with Gasteiger partial charge in [0.1, 0.15) is 5.82 Å². The maximum absolute atomic E-state index is 14.2. The van der Waals surface area contributed by atoms with E-state index < -0.39 is 0 Å². The summed E-state index contributed by atoms with van der Waals surface area (Å²) in [4.78, 5) is 15.4. The van der Waals surface area contributed by atoms with E-state index in [0.717, 1.165) is 17.8 Å². The summed E-state index contributed by atoms with van der Waals surface area (Å²) in [6.45, 7) is 4.50. The van der Waals surface area contributed by atoms with Gasteiger partial charge in [0.25, 0.3) is 5.91 Å². The van der Waals surface area contributed by atoms with Crippen LogP contribution in [0.15, 0.2) is 18.2 Å². The number of carbonyl (C=O) groups is 1. The average Bonchev–Trinajstić information content (AvgIpc) is 2.88. The molecule has 0 bridgehead atoms. The Morgan fingerprint density at radius 1 is 1.52 bits per heavy atom. The van der Waals surface area contributed by atoms with Crippen LogP contribution in [0.5, 0.6) is 0 Å². The molecule has 1 amide bonds. The summed E-state index contributed by atoms with van der Waals surface area (Å²) in [6.07, 6.45) is 0. The molecule has 126 valence electrons. The van der Waals surface area contributed by atoms with Crippen LogP contribution in [-0.4, -0.2) is 43.6 Å². The van der Waals surface area contributed by atoms with Crippen LogP contribution in [0, 0.1) is 5.82 Å². The summed E-state index contributed by atoms with van der Waals surface area (Å²) in [5.74, 6) is -0.324. The highest BCUT2D eigenvalue weighted by Gasteiger charge is 2.28. The molecule has 3 rings (SSSR count). The molecule has 1 aliphatic rings. The summed E-state index contributed by atoms with van der Waals surface area (Å²) in [6, 6.07) is 5.08. The highest BCUT2D eigenvalue weighted by atomic mass is 35.5. The van der Waals surface area contributed by atoms with E-state index in [0.29, 0.717) is 22.4 Å². The number of carbonyl (C=O) groups excluding carboxylic acids is 1. The molecule has 0 aliphatic carbocycles. The molecule has 0 spiro atoms. The third-order valence-corrected chi connectivity index (χ3v) is 5.19. The molecule has 1 aliphatic heterocycles. The van der Waals surface area contributed by atoms with Gasteiger partial charge in [0.05, 0.1) is 11.5 Å². The van der Waals surface area contributed by atoms with Crippen LogP contribution in [-0.2, 0) is 11.3 Å². The zero-order valence-corrected chi connectivity index (χ0v) is 14.7. The van der Waals surface area contributed by atoms with Crippen molar-refractivity contribution in [1.82, 2.24) is 10.2 Å². The molecule has 1 saturated heterocycles. The third-order valence-electron chi connectivity index (χ3n) is 4.01. The normalized spacial score (nSPS) is 18.0. The predicted molar refractivity (Wildman–Crippen MR) is 93.1 cm³/mol. The van der Waals surface area contributed by atoms with Gasteiger partial charge in [0, 0.05) is 48.4 Å². The van der Waals surface area contributed by atoms with Crippen molar-refractivity contribution < 1.29 is 13.9 Å². The van der Waals surface area contributed by atoms with Gasteiger partial charge >= 0.3 is 0 Å². The Kier molecular flexibility index (Phi) is 5.97. The minimum atomic E-state index is -0.298. The fourth-order valence-corrected chi connectivity index (χ4v) is 4.07. The number of ether oxygens (including phenoxy) is 1. The Bertz CT molecular complexity index is 707. The van der Waals surface area contributed by atoms with Crippen LogP contribution < -0.4 is 5.32 Å². The molecule has 0 saturated carbocycles. The van der Waals surface area contributed by atoms with Gasteiger partial charge in [-0.25, -0.2) is 4.39 Å². The van der Waals surface area contributed by atoms with Crippen molar-refractivity contribution in [2.75, 3.05) is 26.7 Å². The summed E-state index contributed by atoms with van der Waals surface area (Å²) in [5, 5.41) is 3.79. The lowest BCUT2D eigenvalue weighted by Gasteiger charge is -2.33. The van der Waals surface area contributed by atoms with Gasteiger partial charge in [0.15, 0.2) is 0 Å². The van der Waals surface area contributed by atoms with E-state index in [1.165, 1.54) is 17.4 Å². The number of fused-ring (bicyclic) bond motifs is 1. The number of benzene rings is 1. The van der Waals surface area contributed by atoms with Crippen molar-refractivity contribution in [3.05, 3.63) is 34.5 Å². The molecule has 2 heterocycles. The Balaban J connectivity index is 0.00000192. The number of nitrogens with zero attached hydrogens (tertiary/aromatic N) is 1. The standard InChI is InChI=1S/C16H19FN2O2S.ClH/c1-10-8-18-6-7-19(10)16(20)15-11(9-21-2)14-12(17)4-3-5-13(14)22-15;/h3-5,10,18H,6-9H2,1-2H3;1H/t10-;/m1./s1. The van der Waals surface area contributed by atoms with Gasteiger partial charge in [-0.1, -0.05) is 6.07 Å². The number of amides is 1. The fraction of sp³-hybridized carbons (Fsp3) is 0.438. The maximum Gasteiger partial charge on any atom is 0.264 e. The minimum absolute atomic E-state index is 0. The van der Waals surface area contributed by atoms with Crippen LogP contribution in [0.1, 0.15) is 22.2 Å². The number of piperazine rings is 1. The fourth-order valence-electron chi connectivity index (χ4n) is 2.90. The van der Waals surface area contributed by atoms with Gasteiger partial charge in [-0.15, -0.1) is 23.7 Å². The van der Waals surface area contributed by atoms with E-state index in [1.807, 2.05) is 17.9 Å². The molecule has 1 fully saturated rings. The van der Waals surface area contributed by atoms with Gasteiger partial charge < -0.3 is 15.0 Å². The van der Waals surface area contributed by atoms with E-state index in [4.69, 9.17) is 4.74 Å². The highest BCUT2D eigenvalue weighted by molar-refractivity contribution is 7.21. The molecule has 1 N–H and O–H groups in total. The summed E-state index contributed by atoms with van der Waals surface area (Å²) < 4.78 is 20.2.